The van der Waals surface area contributed by atoms with Crippen LogP contribution < -0.4 is 9.64 Å². The minimum absolute atomic E-state index is 0.0548. The Morgan fingerprint density at radius 2 is 2.00 bits per heavy atom. The van der Waals surface area contributed by atoms with Crippen LogP contribution in [-0.4, -0.2) is 46.7 Å². The quantitative estimate of drug-likeness (QED) is 0.364. The Labute approximate surface area is 186 Å². The second kappa shape index (κ2) is 9.08. The van der Waals surface area contributed by atoms with E-state index in [2.05, 4.69) is 10.1 Å². The molecule has 0 radical (unpaired) electrons. The molecule has 4 rings (SSSR count). The van der Waals surface area contributed by atoms with E-state index in [-0.39, 0.29) is 42.4 Å². The molecule has 0 bridgehead atoms. The number of anilines is 1. The predicted molar refractivity (Wildman–Crippen MR) is 112 cm³/mol. The standard InChI is InChI=1S/C22H21F3N4O4/c1-2-6-14-16(9-8-15-19(14)33-27-20(15)22(23,24)25)32-12-5-11-28-13-18(30)29(21(28)31)17-7-3-4-10-26-17/h3-4,7-10H,2,5-6,11-13H2,1H3. The molecular weight excluding hydrogens is 441 g/mol. The number of aromatic nitrogens is 2. The van der Waals surface area contributed by atoms with Crippen molar-refractivity contribution in [1.82, 2.24) is 15.0 Å². The number of fused-ring (bicyclic) bond motifs is 1. The van der Waals surface area contributed by atoms with Gasteiger partial charge < -0.3 is 14.2 Å². The van der Waals surface area contributed by atoms with E-state index >= 15 is 0 Å². The first-order valence-electron chi connectivity index (χ1n) is 10.5. The van der Waals surface area contributed by atoms with Gasteiger partial charge in [0.25, 0.3) is 5.91 Å². The van der Waals surface area contributed by atoms with Gasteiger partial charge in [-0.2, -0.15) is 13.2 Å². The fourth-order valence-electron chi connectivity index (χ4n) is 3.74. The van der Waals surface area contributed by atoms with Gasteiger partial charge in [0, 0.05) is 18.3 Å². The molecule has 0 atom stereocenters. The fraction of sp³-hybridized carbons (Fsp3) is 0.364. The van der Waals surface area contributed by atoms with Crippen molar-refractivity contribution in [2.75, 3.05) is 24.6 Å². The van der Waals surface area contributed by atoms with E-state index in [1.807, 2.05) is 6.92 Å². The molecule has 1 aliphatic heterocycles. The summed E-state index contributed by atoms with van der Waals surface area (Å²) < 4.78 is 50.3. The second-order valence-electron chi connectivity index (χ2n) is 7.52. The van der Waals surface area contributed by atoms with Crippen LogP contribution in [0.2, 0.25) is 0 Å². The third-order valence-corrected chi connectivity index (χ3v) is 5.22. The Morgan fingerprint density at radius 3 is 2.70 bits per heavy atom. The average molecular weight is 462 g/mol. The Balaban J connectivity index is 1.41. The van der Waals surface area contributed by atoms with Gasteiger partial charge in [-0.25, -0.2) is 14.7 Å². The zero-order chi connectivity index (χ0) is 23.6. The summed E-state index contributed by atoms with van der Waals surface area (Å²) in [4.78, 5) is 31.3. The lowest BCUT2D eigenvalue weighted by Crippen LogP contribution is -2.34. The highest BCUT2D eigenvalue weighted by atomic mass is 19.4. The summed E-state index contributed by atoms with van der Waals surface area (Å²) in [5, 5.41) is 3.10. The Bertz CT molecular complexity index is 1160. The van der Waals surface area contributed by atoms with Gasteiger partial charge in [0.1, 0.15) is 18.1 Å². The molecular formula is C22H21F3N4O4. The normalized spacial score (nSPS) is 14.5. The highest BCUT2D eigenvalue weighted by molar-refractivity contribution is 6.19. The number of hydrogen-bond donors (Lipinski definition) is 0. The summed E-state index contributed by atoms with van der Waals surface area (Å²) >= 11 is 0. The van der Waals surface area contributed by atoms with E-state index in [9.17, 15) is 22.8 Å². The van der Waals surface area contributed by atoms with Crippen molar-refractivity contribution in [3.05, 3.63) is 47.8 Å². The van der Waals surface area contributed by atoms with E-state index < -0.39 is 17.9 Å². The Hall–Kier alpha value is -3.63. The molecule has 0 saturated carbocycles. The van der Waals surface area contributed by atoms with Gasteiger partial charge in [-0.3, -0.25) is 4.79 Å². The number of halogens is 3. The number of amides is 3. The number of hydrogen-bond acceptors (Lipinski definition) is 6. The number of aryl methyl sites for hydroxylation is 1. The molecule has 3 heterocycles. The maximum absolute atomic E-state index is 13.1. The lowest BCUT2D eigenvalue weighted by molar-refractivity contribution is -0.141. The number of benzene rings is 1. The van der Waals surface area contributed by atoms with Crippen LogP contribution in [0.3, 0.4) is 0 Å². The fourth-order valence-corrected chi connectivity index (χ4v) is 3.74. The first-order chi connectivity index (χ1) is 15.8. The monoisotopic (exact) mass is 462 g/mol. The first-order valence-corrected chi connectivity index (χ1v) is 10.5. The largest absolute Gasteiger partial charge is 0.493 e. The van der Waals surface area contributed by atoms with E-state index in [4.69, 9.17) is 9.26 Å². The minimum Gasteiger partial charge on any atom is -0.493 e. The van der Waals surface area contributed by atoms with Crippen LogP contribution >= 0.6 is 0 Å². The molecule has 11 heteroatoms. The summed E-state index contributed by atoms with van der Waals surface area (Å²) in [5.74, 6) is 0.322. The lowest BCUT2D eigenvalue weighted by Gasteiger charge is -2.17. The van der Waals surface area contributed by atoms with Gasteiger partial charge in [-0.05, 0) is 37.1 Å². The summed E-state index contributed by atoms with van der Waals surface area (Å²) in [6.07, 6.45) is -1.56. The zero-order valence-electron chi connectivity index (χ0n) is 17.8. The van der Waals surface area contributed by atoms with Gasteiger partial charge in [0.2, 0.25) is 0 Å². The predicted octanol–water partition coefficient (Wildman–Crippen LogP) is 4.43. The summed E-state index contributed by atoms with van der Waals surface area (Å²) in [5.41, 5.74) is -0.476. The zero-order valence-corrected chi connectivity index (χ0v) is 17.8. The molecule has 174 valence electrons. The molecule has 3 aromatic rings. The van der Waals surface area contributed by atoms with Crippen LogP contribution in [0.5, 0.6) is 5.75 Å². The number of ether oxygens (including phenoxy) is 1. The summed E-state index contributed by atoms with van der Waals surface area (Å²) in [7, 11) is 0. The van der Waals surface area contributed by atoms with Gasteiger partial charge in [-0.1, -0.05) is 24.6 Å². The van der Waals surface area contributed by atoms with Crippen molar-refractivity contribution in [1.29, 1.82) is 0 Å². The molecule has 0 N–H and O–H groups in total. The van der Waals surface area contributed by atoms with Crippen LogP contribution in [0.1, 0.15) is 31.0 Å². The van der Waals surface area contributed by atoms with Crippen LogP contribution in [0, 0.1) is 0 Å². The molecule has 3 amide bonds. The van der Waals surface area contributed by atoms with Crippen molar-refractivity contribution >= 4 is 28.7 Å². The Kier molecular flexibility index (Phi) is 6.21. The molecule has 1 aromatic carbocycles. The number of rotatable bonds is 8. The average Bonchev–Trinajstić information content (AvgIpc) is 3.34. The first kappa shape index (κ1) is 22.6. The summed E-state index contributed by atoms with van der Waals surface area (Å²) in [6, 6.07) is 7.28. The van der Waals surface area contributed by atoms with Crippen molar-refractivity contribution in [3.63, 3.8) is 0 Å². The van der Waals surface area contributed by atoms with Crippen molar-refractivity contribution < 1.29 is 32.0 Å². The van der Waals surface area contributed by atoms with E-state index in [0.717, 1.165) is 4.90 Å². The molecule has 2 aromatic heterocycles. The number of pyridine rings is 1. The number of carbonyl (C=O) groups excluding carboxylic acids is 2. The van der Waals surface area contributed by atoms with E-state index in [1.54, 1.807) is 18.2 Å². The topological polar surface area (TPSA) is 88.8 Å². The maximum atomic E-state index is 13.1. The number of nitrogens with zero attached hydrogens (tertiary/aromatic N) is 4. The molecule has 0 spiro atoms. The molecule has 1 fully saturated rings. The van der Waals surface area contributed by atoms with Crippen molar-refractivity contribution in [2.24, 2.45) is 0 Å². The minimum atomic E-state index is -4.61. The third-order valence-electron chi connectivity index (χ3n) is 5.22. The second-order valence-corrected chi connectivity index (χ2v) is 7.52. The van der Waals surface area contributed by atoms with E-state index in [1.165, 1.54) is 23.2 Å². The molecule has 1 aliphatic rings. The van der Waals surface area contributed by atoms with Gasteiger partial charge in [-0.15, -0.1) is 0 Å². The number of alkyl halides is 3. The van der Waals surface area contributed by atoms with Gasteiger partial charge >= 0.3 is 12.2 Å². The van der Waals surface area contributed by atoms with Crippen LogP contribution in [0.25, 0.3) is 11.0 Å². The van der Waals surface area contributed by atoms with Gasteiger partial charge in [0.15, 0.2) is 11.3 Å². The molecule has 0 unspecified atom stereocenters. The van der Waals surface area contributed by atoms with Crippen LogP contribution in [0.4, 0.5) is 23.8 Å². The molecule has 33 heavy (non-hydrogen) atoms. The molecule has 1 saturated heterocycles. The Morgan fingerprint density at radius 1 is 1.18 bits per heavy atom. The van der Waals surface area contributed by atoms with Crippen molar-refractivity contribution in [2.45, 2.75) is 32.4 Å². The SMILES string of the molecule is CCCc1c(OCCCN2CC(=O)N(c3ccccn3)C2=O)ccc2c(C(F)(F)F)noc12. The summed E-state index contributed by atoms with van der Waals surface area (Å²) in [6.45, 7) is 2.32. The van der Waals surface area contributed by atoms with Gasteiger partial charge in [0.05, 0.1) is 12.0 Å². The molecule has 8 nitrogen and oxygen atoms in total. The number of imide groups is 1. The number of urea groups is 1. The lowest BCUT2D eigenvalue weighted by atomic mass is 10.0. The van der Waals surface area contributed by atoms with Crippen LogP contribution in [0.15, 0.2) is 41.1 Å². The molecule has 0 aliphatic carbocycles. The number of carbonyl (C=O) groups is 2. The smallest absolute Gasteiger partial charge is 0.437 e. The van der Waals surface area contributed by atoms with Crippen molar-refractivity contribution in [3.8, 4) is 5.75 Å². The highest BCUT2D eigenvalue weighted by Gasteiger charge is 2.38. The maximum Gasteiger partial charge on any atom is 0.437 e. The van der Waals surface area contributed by atoms with Crippen LogP contribution in [-0.2, 0) is 17.4 Å². The highest BCUT2D eigenvalue weighted by Crippen LogP contribution is 2.38. The third kappa shape index (κ3) is 4.48. The van der Waals surface area contributed by atoms with E-state index in [0.29, 0.717) is 30.6 Å².